The maximum atomic E-state index is 12.8. The number of imide groups is 1. The molecule has 1 fully saturated rings. The first-order chi connectivity index (χ1) is 15.6. The Balaban J connectivity index is 1.71. The number of benzene rings is 3. The first kappa shape index (κ1) is 21.6. The third kappa shape index (κ3) is 4.37. The van der Waals surface area contributed by atoms with Gasteiger partial charge in [0, 0.05) is 18.2 Å². The van der Waals surface area contributed by atoms with Crippen LogP contribution < -0.4 is 4.74 Å². The van der Waals surface area contributed by atoms with E-state index in [1.807, 2.05) is 54.6 Å². The average molecular weight is 445 g/mol. The second kappa shape index (κ2) is 9.69. The van der Waals surface area contributed by atoms with Gasteiger partial charge in [-0.25, -0.2) is 0 Å². The zero-order valence-corrected chi connectivity index (χ0v) is 18.2. The minimum absolute atomic E-state index is 0.207. The van der Waals surface area contributed by atoms with Crippen LogP contribution in [0.2, 0.25) is 0 Å². The smallest absolute Gasteiger partial charge is 0.293 e. The van der Waals surface area contributed by atoms with Crippen LogP contribution in [0.25, 0.3) is 16.8 Å². The van der Waals surface area contributed by atoms with Crippen LogP contribution in [0.4, 0.5) is 4.79 Å². The molecule has 1 heterocycles. The van der Waals surface area contributed by atoms with Gasteiger partial charge in [-0.05, 0) is 40.7 Å². The Hall–Kier alpha value is -3.60. The van der Waals surface area contributed by atoms with Gasteiger partial charge in [-0.2, -0.15) is 5.26 Å². The van der Waals surface area contributed by atoms with Crippen molar-refractivity contribution >= 4 is 39.8 Å². The Morgan fingerprint density at radius 1 is 1.06 bits per heavy atom. The lowest BCUT2D eigenvalue weighted by atomic mass is 10.0. The molecule has 2 amide bonds. The lowest BCUT2D eigenvalue weighted by molar-refractivity contribution is -0.123. The quantitative estimate of drug-likeness (QED) is 0.479. The summed E-state index contributed by atoms with van der Waals surface area (Å²) in [5.74, 6) is 0.228. The molecule has 1 aliphatic heterocycles. The van der Waals surface area contributed by atoms with E-state index in [1.54, 1.807) is 12.1 Å². The number of hydrogen-bond acceptors (Lipinski definition) is 6. The number of methoxy groups -OCH3 is 1. The minimum Gasteiger partial charge on any atom is -0.488 e. The predicted octanol–water partition coefficient (Wildman–Crippen LogP) is 4.97. The topological polar surface area (TPSA) is 79.6 Å². The molecule has 0 N–H and O–H groups in total. The van der Waals surface area contributed by atoms with Crippen molar-refractivity contribution in [3.8, 4) is 11.8 Å². The summed E-state index contributed by atoms with van der Waals surface area (Å²) in [4.78, 5) is 26.7. The Kier molecular flexibility index (Phi) is 6.55. The van der Waals surface area contributed by atoms with Gasteiger partial charge < -0.3 is 9.47 Å². The summed E-state index contributed by atoms with van der Waals surface area (Å²) < 4.78 is 11.1. The summed E-state index contributed by atoms with van der Waals surface area (Å²) >= 11 is 0.909. The van der Waals surface area contributed by atoms with E-state index in [0.29, 0.717) is 16.2 Å². The van der Waals surface area contributed by atoms with Gasteiger partial charge in [-0.1, -0.05) is 48.5 Å². The molecule has 4 rings (SSSR count). The normalized spacial score (nSPS) is 14.9. The van der Waals surface area contributed by atoms with Crippen molar-refractivity contribution in [3.05, 3.63) is 82.3 Å². The van der Waals surface area contributed by atoms with Crippen molar-refractivity contribution in [1.29, 1.82) is 5.26 Å². The van der Waals surface area contributed by atoms with Crippen LogP contribution >= 0.6 is 11.8 Å². The van der Waals surface area contributed by atoms with Gasteiger partial charge in [0.15, 0.2) is 0 Å². The lowest BCUT2D eigenvalue weighted by Gasteiger charge is -2.13. The van der Waals surface area contributed by atoms with Gasteiger partial charge in [-0.15, -0.1) is 0 Å². The van der Waals surface area contributed by atoms with E-state index in [2.05, 4.69) is 6.07 Å². The highest BCUT2D eigenvalue weighted by atomic mass is 32.2. The third-order valence-corrected chi connectivity index (χ3v) is 6.03. The number of fused-ring (bicyclic) bond motifs is 1. The fraction of sp³-hybridized carbons (Fsp3) is 0.160. The first-order valence-corrected chi connectivity index (χ1v) is 10.8. The Bertz CT molecular complexity index is 1260. The van der Waals surface area contributed by atoms with E-state index < -0.39 is 0 Å². The van der Waals surface area contributed by atoms with E-state index in [4.69, 9.17) is 9.47 Å². The summed E-state index contributed by atoms with van der Waals surface area (Å²) in [7, 11) is 1.53. The fourth-order valence-electron chi connectivity index (χ4n) is 3.47. The molecule has 0 saturated carbocycles. The molecular weight excluding hydrogens is 424 g/mol. The first-order valence-electron chi connectivity index (χ1n) is 9.99. The number of nitrogens with zero attached hydrogens (tertiary/aromatic N) is 2. The van der Waals surface area contributed by atoms with E-state index in [-0.39, 0.29) is 30.9 Å². The molecule has 160 valence electrons. The maximum Gasteiger partial charge on any atom is 0.293 e. The molecule has 0 radical (unpaired) electrons. The van der Waals surface area contributed by atoms with Crippen LogP contribution in [-0.2, 0) is 16.1 Å². The van der Waals surface area contributed by atoms with Crippen molar-refractivity contribution in [1.82, 2.24) is 4.90 Å². The highest BCUT2D eigenvalue weighted by Gasteiger charge is 2.35. The summed E-state index contributed by atoms with van der Waals surface area (Å²) in [6.07, 6.45) is 1.71. The SMILES string of the molecule is COCCN1C(=O)S/C(=C/c2c(OCc3ccccc3C#N)ccc3ccccc23)C1=O. The second-order valence-electron chi connectivity index (χ2n) is 7.08. The molecule has 3 aromatic rings. The summed E-state index contributed by atoms with van der Waals surface area (Å²) in [6, 6.07) is 21.0. The van der Waals surface area contributed by atoms with Crippen molar-refractivity contribution in [2.75, 3.05) is 20.3 Å². The predicted molar refractivity (Wildman–Crippen MR) is 124 cm³/mol. The highest BCUT2D eigenvalue weighted by Crippen LogP contribution is 2.37. The number of ether oxygens (including phenoxy) is 2. The maximum absolute atomic E-state index is 12.8. The summed E-state index contributed by atoms with van der Waals surface area (Å²) in [6.45, 7) is 0.701. The van der Waals surface area contributed by atoms with Crippen LogP contribution in [0.5, 0.6) is 5.75 Å². The zero-order valence-electron chi connectivity index (χ0n) is 17.4. The zero-order chi connectivity index (χ0) is 22.5. The Labute approximate surface area is 190 Å². The standard InChI is InChI=1S/C25H20N2O4S/c1-30-13-12-27-24(28)23(32-25(27)29)14-21-20-9-5-4-6-17(20)10-11-22(21)31-16-19-8-3-2-7-18(19)15-26/h2-11,14H,12-13,16H2,1H3/b23-14+. The second-order valence-corrected chi connectivity index (χ2v) is 8.08. The molecule has 0 aromatic heterocycles. The monoisotopic (exact) mass is 444 g/mol. The molecule has 0 atom stereocenters. The number of hydrogen-bond donors (Lipinski definition) is 0. The van der Waals surface area contributed by atoms with E-state index in [0.717, 1.165) is 33.7 Å². The number of thioether (sulfide) groups is 1. The van der Waals surface area contributed by atoms with Gasteiger partial charge in [0.05, 0.1) is 29.7 Å². The minimum atomic E-state index is -0.342. The molecule has 7 heteroatoms. The lowest BCUT2D eigenvalue weighted by Crippen LogP contribution is -2.31. The molecule has 3 aromatic carbocycles. The van der Waals surface area contributed by atoms with Crippen LogP contribution in [0.3, 0.4) is 0 Å². The average Bonchev–Trinajstić information content (AvgIpc) is 3.09. The van der Waals surface area contributed by atoms with E-state index >= 15 is 0 Å². The van der Waals surface area contributed by atoms with Gasteiger partial charge in [-0.3, -0.25) is 14.5 Å². The molecule has 32 heavy (non-hydrogen) atoms. The van der Waals surface area contributed by atoms with Crippen molar-refractivity contribution in [2.45, 2.75) is 6.61 Å². The molecule has 0 bridgehead atoms. The van der Waals surface area contributed by atoms with Crippen LogP contribution in [-0.4, -0.2) is 36.3 Å². The molecule has 1 aliphatic rings. The molecule has 1 saturated heterocycles. The molecule has 0 spiro atoms. The number of carbonyl (C=O) groups excluding carboxylic acids is 2. The number of amides is 2. The number of nitriles is 1. The van der Waals surface area contributed by atoms with Crippen LogP contribution in [0.15, 0.2) is 65.6 Å². The molecule has 6 nitrogen and oxygen atoms in total. The van der Waals surface area contributed by atoms with Gasteiger partial charge in [0.25, 0.3) is 11.1 Å². The van der Waals surface area contributed by atoms with Crippen molar-refractivity contribution < 1.29 is 19.1 Å². The third-order valence-electron chi connectivity index (χ3n) is 5.12. The van der Waals surface area contributed by atoms with Crippen molar-refractivity contribution in [2.24, 2.45) is 0 Å². The fourth-order valence-corrected chi connectivity index (χ4v) is 4.31. The number of rotatable bonds is 7. The van der Waals surface area contributed by atoms with Gasteiger partial charge >= 0.3 is 0 Å². The van der Waals surface area contributed by atoms with Crippen LogP contribution in [0.1, 0.15) is 16.7 Å². The highest BCUT2D eigenvalue weighted by molar-refractivity contribution is 8.18. The Morgan fingerprint density at radius 3 is 2.66 bits per heavy atom. The van der Waals surface area contributed by atoms with E-state index in [9.17, 15) is 14.9 Å². The van der Waals surface area contributed by atoms with Gasteiger partial charge in [0.2, 0.25) is 0 Å². The van der Waals surface area contributed by atoms with Crippen molar-refractivity contribution in [3.63, 3.8) is 0 Å². The summed E-state index contributed by atoms with van der Waals surface area (Å²) in [5.41, 5.74) is 2.04. The van der Waals surface area contributed by atoms with Gasteiger partial charge in [0.1, 0.15) is 12.4 Å². The largest absolute Gasteiger partial charge is 0.488 e. The molecule has 0 unspecified atom stereocenters. The Morgan fingerprint density at radius 2 is 1.84 bits per heavy atom. The van der Waals surface area contributed by atoms with Crippen LogP contribution in [0, 0.1) is 11.3 Å². The molecular formula is C25H20N2O4S. The molecule has 0 aliphatic carbocycles. The summed E-state index contributed by atoms with van der Waals surface area (Å²) in [5, 5.41) is 10.9. The van der Waals surface area contributed by atoms with E-state index in [1.165, 1.54) is 12.0 Å². The number of carbonyl (C=O) groups is 2.